The van der Waals surface area contributed by atoms with Gasteiger partial charge in [-0.25, -0.2) is 9.69 Å². The van der Waals surface area contributed by atoms with Gasteiger partial charge in [-0.1, -0.05) is 18.2 Å². The number of hydrogen-bond donors (Lipinski definition) is 1. The number of para-hydroxylation sites is 1. The van der Waals surface area contributed by atoms with Crippen LogP contribution in [0.1, 0.15) is 6.42 Å². The summed E-state index contributed by atoms with van der Waals surface area (Å²) < 4.78 is 0. The molecule has 5 heteroatoms. The number of anilines is 1. The SMILES string of the molecule is CSCC[C@H]1NC(=O)N(c2ccccc2)C1=O. The van der Waals surface area contributed by atoms with E-state index in [4.69, 9.17) is 0 Å². The molecular weight excluding hydrogens is 236 g/mol. The lowest BCUT2D eigenvalue weighted by Gasteiger charge is -2.12. The zero-order chi connectivity index (χ0) is 12.3. The number of benzene rings is 1. The number of carbonyl (C=O) groups is 2. The number of rotatable bonds is 4. The van der Waals surface area contributed by atoms with Crippen molar-refractivity contribution in [2.24, 2.45) is 0 Å². The number of nitrogens with one attached hydrogen (secondary N) is 1. The molecule has 17 heavy (non-hydrogen) atoms. The quantitative estimate of drug-likeness (QED) is 0.830. The van der Waals surface area contributed by atoms with Gasteiger partial charge in [0.25, 0.3) is 5.91 Å². The Morgan fingerprint density at radius 2 is 2.00 bits per heavy atom. The molecule has 0 unspecified atom stereocenters. The summed E-state index contributed by atoms with van der Waals surface area (Å²) in [4.78, 5) is 25.0. The van der Waals surface area contributed by atoms with Crippen LogP contribution in [0.15, 0.2) is 30.3 Å². The molecule has 1 aromatic carbocycles. The largest absolute Gasteiger partial charge is 0.329 e. The van der Waals surface area contributed by atoms with Crippen molar-refractivity contribution in [2.45, 2.75) is 12.5 Å². The highest BCUT2D eigenvalue weighted by Gasteiger charge is 2.38. The van der Waals surface area contributed by atoms with Crippen molar-refractivity contribution >= 4 is 29.4 Å². The van der Waals surface area contributed by atoms with Crippen molar-refractivity contribution in [3.63, 3.8) is 0 Å². The zero-order valence-corrected chi connectivity index (χ0v) is 10.4. The number of thioether (sulfide) groups is 1. The first-order valence-corrected chi connectivity index (χ1v) is 6.82. The summed E-state index contributed by atoms with van der Waals surface area (Å²) in [6.45, 7) is 0. The summed E-state index contributed by atoms with van der Waals surface area (Å²) in [6.07, 6.45) is 2.66. The zero-order valence-electron chi connectivity index (χ0n) is 9.55. The Hall–Kier alpha value is -1.49. The van der Waals surface area contributed by atoms with Crippen LogP contribution in [0, 0.1) is 0 Å². The molecule has 1 aliphatic rings. The molecule has 1 aromatic rings. The van der Waals surface area contributed by atoms with Crippen LogP contribution in [0.2, 0.25) is 0 Å². The molecule has 3 amide bonds. The third-order valence-electron chi connectivity index (χ3n) is 2.64. The molecule has 0 bridgehead atoms. The van der Waals surface area contributed by atoms with Crippen LogP contribution in [0.25, 0.3) is 0 Å². The number of hydrogen-bond acceptors (Lipinski definition) is 3. The molecule has 0 aromatic heterocycles. The van der Waals surface area contributed by atoms with Gasteiger partial charge in [-0.05, 0) is 30.6 Å². The number of nitrogens with zero attached hydrogens (tertiary/aromatic N) is 1. The van der Waals surface area contributed by atoms with E-state index in [-0.39, 0.29) is 18.0 Å². The Labute approximate surface area is 104 Å². The highest BCUT2D eigenvalue weighted by Crippen LogP contribution is 2.20. The van der Waals surface area contributed by atoms with Crippen LogP contribution in [-0.2, 0) is 4.79 Å². The van der Waals surface area contributed by atoms with E-state index in [1.54, 1.807) is 23.9 Å². The Balaban J connectivity index is 2.15. The molecule has 1 fully saturated rings. The minimum Gasteiger partial charge on any atom is -0.325 e. The minimum absolute atomic E-state index is 0.157. The van der Waals surface area contributed by atoms with Crippen LogP contribution in [0.3, 0.4) is 0 Å². The first-order chi connectivity index (χ1) is 8.24. The number of imide groups is 1. The van der Waals surface area contributed by atoms with E-state index in [0.717, 1.165) is 5.75 Å². The molecule has 1 saturated heterocycles. The third-order valence-corrected chi connectivity index (χ3v) is 3.29. The Morgan fingerprint density at radius 1 is 1.29 bits per heavy atom. The van der Waals surface area contributed by atoms with Gasteiger partial charge >= 0.3 is 6.03 Å². The van der Waals surface area contributed by atoms with Crippen LogP contribution in [-0.4, -0.2) is 30.0 Å². The minimum atomic E-state index is -0.379. The molecule has 0 spiro atoms. The summed E-state index contributed by atoms with van der Waals surface area (Å²) in [6, 6.07) is 8.29. The maximum absolute atomic E-state index is 12.1. The van der Waals surface area contributed by atoms with Crippen molar-refractivity contribution in [3.8, 4) is 0 Å². The second-order valence-corrected chi connectivity index (χ2v) is 4.78. The second kappa shape index (κ2) is 5.23. The molecule has 4 nitrogen and oxygen atoms in total. The van der Waals surface area contributed by atoms with Crippen molar-refractivity contribution in [1.29, 1.82) is 0 Å². The molecule has 1 atom stereocenters. The fraction of sp³-hybridized carbons (Fsp3) is 0.333. The summed E-state index contributed by atoms with van der Waals surface area (Å²) in [5.41, 5.74) is 0.627. The molecule has 1 aliphatic heterocycles. The average Bonchev–Trinajstić information content (AvgIpc) is 2.63. The van der Waals surface area contributed by atoms with E-state index in [9.17, 15) is 9.59 Å². The van der Waals surface area contributed by atoms with E-state index < -0.39 is 0 Å². The Kier molecular flexibility index (Phi) is 3.68. The lowest BCUT2D eigenvalue weighted by Crippen LogP contribution is -2.31. The summed E-state index contributed by atoms with van der Waals surface area (Å²) >= 11 is 1.67. The maximum Gasteiger partial charge on any atom is 0.329 e. The summed E-state index contributed by atoms with van der Waals surface area (Å²) in [5.74, 6) is 0.703. The molecule has 0 radical (unpaired) electrons. The van der Waals surface area contributed by atoms with E-state index in [1.807, 2.05) is 24.5 Å². The standard InChI is InChI=1S/C12H14N2O2S/c1-17-8-7-10-11(15)14(12(16)13-10)9-5-3-2-4-6-9/h2-6,10H,7-8H2,1H3,(H,13,16)/t10-/m1/s1. The average molecular weight is 250 g/mol. The van der Waals surface area contributed by atoms with Crippen LogP contribution >= 0.6 is 11.8 Å². The second-order valence-electron chi connectivity index (χ2n) is 3.79. The third kappa shape index (κ3) is 2.44. The van der Waals surface area contributed by atoms with E-state index in [0.29, 0.717) is 12.1 Å². The topological polar surface area (TPSA) is 49.4 Å². The number of amides is 3. The van der Waals surface area contributed by atoms with Crippen molar-refractivity contribution < 1.29 is 9.59 Å². The molecule has 0 saturated carbocycles. The lowest BCUT2D eigenvalue weighted by molar-refractivity contribution is -0.118. The van der Waals surface area contributed by atoms with Gasteiger partial charge in [0.15, 0.2) is 0 Å². The van der Waals surface area contributed by atoms with Crippen LogP contribution < -0.4 is 10.2 Å². The summed E-state index contributed by atoms with van der Waals surface area (Å²) in [7, 11) is 0. The van der Waals surface area contributed by atoms with Gasteiger partial charge in [0.05, 0.1) is 5.69 Å². The smallest absolute Gasteiger partial charge is 0.325 e. The fourth-order valence-corrected chi connectivity index (χ4v) is 2.26. The predicted molar refractivity (Wildman–Crippen MR) is 69.2 cm³/mol. The normalized spacial score (nSPS) is 19.6. The Bertz CT molecular complexity index is 422. The van der Waals surface area contributed by atoms with Crippen molar-refractivity contribution in [1.82, 2.24) is 5.32 Å². The molecule has 90 valence electrons. The molecule has 0 aliphatic carbocycles. The predicted octanol–water partition coefficient (Wildman–Crippen LogP) is 1.86. The highest BCUT2D eigenvalue weighted by atomic mass is 32.2. The van der Waals surface area contributed by atoms with Gasteiger partial charge in [0.1, 0.15) is 6.04 Å². The van der Waals surface area contributed by atoms with Crippen LogP contribution in [0.4, 0.5) is 10.5 Å². The van der Waals surface area contributed by atoms with Gasteiger partial charge in [0.2, 0.25) is 0 Å². The highest BCUT2D eigenvalue weighted by molar-refractivity contribution is 7.98. The van der Waals surface area contributed by atoms with Gasteiger partial charge in [-0.2, -0.15) is 11.8 Å². The van der Waals surface area contributed by atoms with Crippen molar-refractivity contribution in [3.05, 3.63) is 30.3 Å². The molecular formula is C12H14N2O2S. The monoisotopic (exact) mass is 250 g/mol. The summed E-state index contributed by atoms with van der Waals surface area (Å²) in [5, 5.41) is 2.71. The van der Waals surface area contributed by atoms with Crippen LogP contribution in [0.5, 0.6) is 0 Å². The molecule has 1 N–H and O–H groups in total. The van der Waals surface area contributed by atoms with Gasteiger partial charge in [-0.15, -0.1) is 0 Å². The number of carbonyl (C=O) groups excluding carboxylic acids is 2. The Morgan fingerprint density at radius 3 is 2.65 bits per heavy atom. The fourth-order valence-electron chi connectivity index (χ4n) is 1.78. The van der Waals surface area contributed by atoms with Gasteiger partial charge < -0.3 is 5.32 Å². The van der Waals surface area contributed by atoms with Crippen molar-refractivity contribution in [2.75, 3.05) is 16.9 Å². The first kappa shape index (κ1) is 12.0. The molecule has 1 heterocycles. The lowest BCUT2D eigenvalue weighted by atomic mass is 10.2. The van der Waals surface area contributed by atoms with Gasteiger partial charge in [-0.3, -0.25) is 4.79 Å². The first-order valence-electron chi connectivity index (χ1n) is 5.42. The maximum atomic E-state index is 12.1. The number of urea groups is 1. The van der Waals surface area contributed by atoms with E-state index in [2.05, 4.69) is 5.32 Å². The van der Waals surface area contributed by atoms with E-state index >= 15 is 0 Å². The van der Waals surface area contributed by atoms with E-state index in [1.165, 1.54) is 4.90 Å². The van der Waals surface area contributed by atoms with Gasteiger partial charge in [0, 0.05) is 0 Å². The molecule has 2 rings (SSSR count).